The van der Waals surface area contributed by atoms with Crippen LogP contribution in [-0.4, -0.2) is 10.2 Å². The summed E-state index contributed by atoms with van der Waals surface area (Å²) in [7, 11) is 0. The zero-order valence-corrected chi connectivity index (χ0v) is 10.9. The van der Waals surface area contributed by atoms with Crippen LogP contribution in [0.3, 0.4) is 0 Å². The SMILES string of the molecule is O=C1SC(c2ccccc2)=N/C1=C\c1ccccc1. The summed E-state index contributed by atoms with van der Waals surface area (Å²) in [5, 5.41) is 0.774. The fourth-order valence-corrected chi connectivity index (χ4v) is 2.60. The van der Waals surface area contributed by atoms with Crippen LogP contribution in [0, 0.1) is 0 Å². The molecule has 0 radical (unpaired) electrons. The van der Waals surface area contributed by atoms with Crippen molar-refractivity contribution < 1.29 is 4.79 Å². The topological polar surface area (TPSA) is 29.4 Å². The third-order valence-electron chi connectivity index (χ3n) is 2.74. The predicted octanol–water partition coefficient (Wildman–Crippen LogP) is 3.75. The first-order valence-corrected chi connectivity index (χ1v) is 6.77. The predicted molar refractivity (Wildman–Crippen MR) is 80.0 cm³/mol. The Hall–Kier alpha value is -2.13. The Balaban J connectivity index is 1.94. The van der Waals surface area contributed by atoms with Crippen molar-refractivity contribution in [3.8, 4) is 0 Å². The van der Waals surface area contributed by atoms with Gasteiger partial charge in [0.2, 0.25) is 5.12 Å². The van der Waals surface area contributed by atoms with Gasteiger partial charge in [0, 0.05) is 5.56 Å². The second-order valence-corrected chi connectivity index (χ2v) is 5.07. The molecule has 0 aromatic heterocycles. The Morgan fingerprint density at radius 3 is 2.21 bits per heavy atom. The molecule has 2 aromatic rings. The smallest absolute Gasteiger partial charge is 0.244 e. The van der Waals surface area contributed by atoms with E-state index in [-0.39, 0.29) is 5.12 Å². The third kappa shape index (κ3) is 2.66. The minimum absolute atomic E-state index is 0.00251. The molecule has 0 aliphatic carbocycles. The monoisotopic (exact) mass is 265 g/mol. The van der Waals surface area contributed by atoms with Crippen molar-refractivity contribution in [2.75, 3.05) is 0 Å². The molecule has 3 rings (SSSR count). The Kier molecular flexibility index (Phi) is 3.29. The highest BCUT2D eigenvalue weighted by Crippen LogP contribution is 2.28. The van der Waals surface area contributed by atoms with Crippen molar-refractivity contribution in [2.24, 2.45) is 4.99 Å². The van der Waals surface area contributed by atoms with Gasteiger partial charge in [-0.1, -0.05) is 60.7 Å². The summed E-state index contributed by atoms with van der Waals surface area (Å²) in [5.74, 6) is 0. The molecular weight excluding hydrogens is 254 g/mol. The Morgan fingerprint density at radius 1 is 0.895 bits per heavy atom. The molecule has 19 heavy (non-hydrogen) atoms. The van der Waals surface area contributed by atoms with E-state index in [0.717, 1.165) is 16.2 Å². The van der Waals surface area contributed by atoms with Crippen LogP contribution in [-0.2, 0) is 4.79 Å². The van der Waals surface area contributed by atoms with E-state index in [1.54, 1.807) is 0 Å². The number of aliphatic imine (C=N–C) groups is 1. The van der Waals surface area contributed by atoms with Crippen molar-refractivity contribution >= 4 is 28.0 Å². The van der Waals surface area contributed by atoms with Crippen LogP contribution in [0.1, 0.15) is 11.1 Å². The number of carbonyl (C=O) groups excluding carboxylic acids is 1. The number of carbonyl (C=O) groups is 1. The lowest BCUT2D eigenvalue weighted by atomic mass is 10.2. The molecule has 1 heterocycles. The molecule has 92 valence electrons. The molecule has 2 aromatic carbocycles. The average Bonchev–Trinajstić information content (AvgIpc) is 2.82. The number of hydrogen-bond donors (Lipinski definition) is 0. The van der Waals surface area contributed by atoms with Gasteiger partial charge in [0.25, 0.3) is 0 Å². The summed E-state index contributed by atoms with van der Waals surface area (Å²) in [6, 6.07) is 19.5. The fourth-order valence-electron chi connectivity index (χ4n) is 1.82. The summed E-state index contributed by atoms with van der Waals surface area (Å²) in [6.07, 6.45) is 1.82. The average molecular weight is 265 g/mol. The van der Waals surface area contributed by atoms with Gasteiger partial charge in [-0.3, -0.25) is 4.79 Å². The van der Waals surface area contributed by atoms with Crippen LogP contribution in [0.4, 0.5) is 0 Å². The molecule has 1 aliphatic rings. The maximum atomic E-state index is 11.9. The van der Waals surface area contributed by atoms with Crippen LogP contribution in [0.5, 0.6) is 0 Å². The highest BCUT2D eigenvalue weighted by atomic mass is 32.2. The molecule has 0 saturated carbocycles. The Labute approximate surface area is 115 Å². The molecule has 0 amide bonds. The molecule has 0 bridgehead atoms. The molecule has 0 fully saturated rings. The van der Waals surface area contributed by atoms with E-state index in [4.69, 9.17) is 0 Å². The first-order valence-electron chi connectivity index (χ1n) is 5.96. The summed E-state index contributed by atoms with van der Waals surface area (Å²) >= 11 is 1.19. The van der Waals surface area contributed by atoms with Gasteiger partial charge in [-0.05, 0) is 23.4 Å². The fraction of sp³-hybridized carbons (Fsp3) is 0. The largest absolute Gasteiger partial charge is 0.279 e. The first kappa shape index (κ1) is 11.9. The molecule has 0 spiro atoms. The van der Waals surface area contributed by atoms with Crippen LogP contribution < -0.4 is 0 Å². The van der Waals surface area contributed by atoms with Crippen LogP contribution in [0.15, 0.2) is 71.4 Å². The minimum atomic E-state index is 0.00251. The summed E-state index contributed by atoms with van der Waals surface area (Å²) in [5.41, 5.74) is 2.48. The van der Waals surface area contributed by atoms with Gasteiger partial charge in [0.1, 0.15) is 10.7 Å². The molecule has 0 atom stereocenters. The summed E-state index contributed by atoms with van der Waals surface area (Å²) in [6.45, 7) is 0. The number of thioether (sulfide) groups is 1. The maximum absolute atomic E-state index is 11.9. The third-order valence-corrected chi connectivity index (χ3v) is 3.66. The normalized spacial score (nSPS) is 16.7. The lowest BCUT2D eigenvalue weighted by Crippen LogP contribution is -1.91. The van der Waals surface area contributed by atoms with E-state index in [2.05, 4.69) is 4.99 Å². The van der Waals surface area contributed by atoms with Gasteiger partial charge in [-0.15, -0.1) is 0 Å². The van der Waals surface area contributed by atoms with Gasteiger partial charge in [0.05, 0.1) is 0 Å². The highest BCUT2D eigenvalue weighted by Gasteiger charge is 2.22. The van der Waals surface area contributed by atoms with Gasteiger partial charge < -0.3 is 0 Å². The minimum Gasteiger partial charge on any atom is -0.279 e. The van der Waals surface area contributed by atoms with Gasteiger partial charge in [-0.2, -0.15) is 0 Å². The molecule has 3 heteroatoms. The lowest BCUT2D eigenvalue weighted by molar-refractivity contribution is -0.107. The van der Waals surface area contributed by atoms with Crippen LogP contribution in [0.25, 0.3) is 6.08 Å². The summed E-state index contributed by atoms with van der Waals surface area (Å²) < 4.78 is 0. The molecule has 0 unspecified atom stereocenters. The molecule has 2 nitrogen and oxygen atoms in total. The standard InChI is InChI=1S/C16H11NOS/c18-16-14(11-12-7-3-1-4-8-12)17-15(19-16)13-9-5-2-6-10-13/h1-11H/b14-11-. The molecule has 1 aliphatic heterocycles. The lowest BCUT2D eigenvalue weighted by Gasteiger charge is -1.95. The zero-order valence-electron chi connectivity index (χ0n) is 10.1. The highest BCUT2D eigenvalue weighted by molar-refractivity contribution is 8.27. The van der Waals surface area contributed by atoms with E-state index in [9.17, 15) is 4.79 Å². The Morgan fingerprint density at radius 2 is 1.53 bits per heavy atom. The Bertz CT molecular complexity index is 660. The van der Waals surface area contributed by atoms with Gasteiger partial charge >= 0.3 is 0 Å². The van der Waals surface area contributed by atoms with Gasteiger partial charge in [0.15, 0.2) is 0 Å². The second-order valence-electron chi connectivity index (χ2n) is 4.11. The van der Waals surface area contributed by atoms with E-state index in [1.165, 1.54) is 11.8 Å². The van der Waals surface area contributed by atoms with Gasteiger partial charge in [-0.25, -0.2) is 4.99 Å². The molecule has 0 saturated heterocycles. The maximum Gasteiger partial charge on any atom is 0.244 e. The van der Waals surface area contributed by atoms with Crippen molar-refractivity contribution in [1.29, 1.82) is 0 Å². The number of rotatable bonds is 2. The van der Waals surface area contributed by atoms with E-state index < -0.39 is 0 Å². The molecule has 0 N–H and O–H groups in total. The van der Waals surface area contributed by atoms with Crippen molar-refractivity contribution in [3.63, 3.8) is 0 Å². The first-order chi connectivity index (χ1) is 9.33. The van der Waals surface area contributed by atoms with E-state index >= 15 is 0 Å². The second kappa shape index (κ2) is 5.24. The number of hydrogen-bond acceptors (Lipinski definition) is 3. The van der Waals surface area contributed by atoms with Crippen LogP contribution in [0.2, 0.25) is 0 Å². The van der Waals surface area contributed by atoms with E-state index in [1.807, 2.05) is 66.7 Å². The van der Waals surface area contributed by atoms with Crippen LogP contribution >= 0.6 is 11.8 Å². The molecular formula is C16H11NOS. The number of nitrogens with zero attached hydrogens (tertiary/aromatic N) is 1. The van der Waals surface area contributed by atoms with Crippen molar-refractivity contribution in [1.82, 2.24) is 0 Å². The van der Waals surface area contributed by atoms with Crippen molar-refractivity contribution in [3.05, 3.63) is 77.5 Å². The number of benzene rings is 2. The van der Waals surface area contributed by atoms with Crippen molar-refractivity contribution in [2.45, 2.75) is 0 Å². The van der Waals surface area contributed by atoms with E-state index in [0.29, 0.717) is 5.70 Å². The summed E-state index contributed by atoms with van der Waals surface area (Å²) in [4.78, 5) is 16.4. The quantitative estimate of drug-likeness (QED) is 0.774. The zero-order chi connectivity index (χ0) is 13.1.